The van der Waals surface area contributed by atoms with Crippen LogP contribution in [0, 0.1) is 0 Å². The number of nitrogens with one attached hydrogen (secondary N) is 1. The molecule has 3 rings (SSSR count). The van der Waals surface area contributed by atoms with Crippen molar-refractivity contribution in [3.63, 3.8) is 0 Å². The van der Waals surface area contributed by atoms with E-state index in [1.54, 1.807) is 31.3 Å². The molecule has 1 amide bonds. The number of nitrogens with zero attached hydrogens (tertiary/aromatic N) is 3. The predicted molar refractivity (Wildman–Crippen MR) is 97.1 cm³/mol. The van der Waals surface area contributed by atoms with Crippen LogP contribution in [0.15, 0.2) is 30.6 Å². The number of ether oxygens (including phenoxy) is 1. The molecule has 1 fully saturated rings. The molecule has 1 aliphatic heterocycles. The first-order chi connectivity index (χ1) is 12.0. The van der Waals surface area contributed by atoms with Gasteiger partial charge in [-0.2, -0.15) is 0 Å². The molecule has 1 N–H and O–H groups in total. The molecule has 1 saturated heterocycles. The van der Waals surface area contributed by atoms with Gasteiger partial charge in [0.15, 0.2) is 6.10 Å². The molecule has 0 radical (unpaired) electrons. The Morgan fingerprint density at radius 2 is 2.20 bits per heavy atom. The number of piperazine rings is 1. The minimum Gasteiger partial charge on any atom is -0.481 e. The molecule has 25 heavy (non-hydrogen) atoms. The second-order valence-corrected chi connectivity index (χ2v) is 6.80. The molecule has 6 nitrogen and oxygen atoms in total. The Bertz CT molecular complexity index is 765. The molecule has 2 aromatic rings. The van der Waals surface area contributed by atoms with Crippen LogP contribution in [0.25, 0.3) is 0 Å². The van der Waals surface area contributed by atoms with Crippen LogP contribution in [0.1, 0.15) is 18.8 Å². The van der Waals surface area contributed by atoms with Crippen LogP contribution in [-0.2, 0) is 11.8 Å². The van der Waals surface area contributed by atoms with E-state index in [0.717, 1.165) is 12.4 Å². The van der Waals surface area contributed by atoms with Crippen molar-refractivity contribution in [2.75, 3.05) is 19.6 Å². The molecule has 1 aliphatic rings. The van der Waals surface area contributed by atoms with E-state index in [9.17, 15) is 4.79 Å². The average molecular weight is 383 g/mol. The minimum atomic E-state index is -0.641. The highest BCUT2D eigenvalue weighted by Crippen LogP contribution is 2.28. The summed E-state index contributed by atoms with van der Waals surface area (Å²) in [7, 11) is 1.93. The molecule has 8 heteroatoms. The summed E-state index contributed by atoms with van der Waals surface area (Å²) in [5.41, 5.74) is 0. The molecule has 0 bridgehead atoms. The van der Waals surface area contributed by atoms with Gasteiger partial charge in [0, 0.05) is 45.1 Å². The van der Waals surface area contributed by atoms with Gasteiger partial charge in [0.1, 0.15) is 17.6 Å². The lowest BCUT2D eigenvalue weighted by Gasteiger charge is -2.37. The number of imidazole rings is 1. The van der Waals surface area contributed by atoms with Crippen molar-refractivity contribution in [3.8, 4) is 5.75 Å². The SMILES string of the molecule is CC(Oc1ccc(Cl)c(Cl)c1)C(=O)N1CCNCC1c1nccn1C. The molecule has 0 aliphatic carbocycles. The summed E-state index contributed by atoms with van der Waals surface area (Å²) in [5.74, 6) is 1.28. The van der Waals surface area contributed by atoms with Gasteiger partial charge in [0.2, 0.25) is 0 Å². The van der Waals surface area contributed by atoms with E-state index in [-0.39, 0.29) is 11.9 Å². The molecule has 134 valence electrons. The van der Waals surface area contributed by atoms with Gasteiger partial charge >= 0.3 is 0 Å². The quantitative estimate of drug-likeness (QED) is 0.882. The van der Waals surface area contributed by atoms with Gasteiger partial charge in [-0.25, -0.2) is 4.98 Å². The monoisotopic (exact) mass is 382 g/mol. The van der Waals surface area contributed by atoms with Crippen LogP contribution in [0.2, 0.25) is 10.0 Å². The van der Waals surface area contributed by atoms with Crippen molar-refractivity contribution < 1.29 is 9.53 Å². The number of carbonyl (C=O) groups is 1. The average Bonchev–Trinajstić information content (AvgIpc) is 3.03. The van der Waals surface area contributed by atoms with Gasteiger partial charge < -0.3 is 19.5 Å². The highest BCUT2D eigenvalue weighted by molar-refractivity contribution is 6.42. The highest BCUT2D eigenvalue weighted by atomic mass is 35.5. The van der Waals surface area contributed by atoms with Gasteiger partial charge in [-0.1, -0.05) is 23.2 Å². The van der Waals surface area contributed by atoms with E-state index in [4.69, 9.17) is 27.9 Å². The number of rotatable bonds is 4. The van der Waals surface area contributed by atoms with Crippen LogP contribution in [0.3, 0.4) is 0 Å². The fourth-order valence-electron chi connectivity index (χ4n) is 2.94. The Labute approximate surface area is 156 Å². The van der Waals surface area contributed by atoms with E-state index in [1.165, 1.54) is 0 Å². The fraction of sp³-hybridized carbons (Fsp3) is 0.412. The predicted octanol–water partition coefficient (Wildman–Crippen LogP) is 2.67. The summed E-state index contributed by atoms with van der Waals surface area (Å²) in [6.45, 7) is 3.75. The van der Waals surface area contributed by atoms with Crippen molar-refractivity contribution >= 4 is 29.1 Å². The first kappa shape index (κ1) is 18.0. The Morgan fingerprint density at radius 1 is 1.40 bits per heavy atom. The third-order valence-electron chi connectivity index (χ3n) is 4.23. The molecule has 0 saturated carbocycles. The number of amides is 1. The Kier molecular flexibility index (Phi) is 5.51. The maximum atomic E-state index is 12.9. The third-order valence-corrected chi connectivity index (χ3v) is 4.97. The van der Waals surface area contributed by atoms with E-state index >= 15 is 0 Å². The first-order valence-electron chi connectivity index (χ1n) is 8.07. The van der Waals surface area contributed by atoms with Gasteiger partial charge in [0.25, 0.3) is 5.91 Å². The van der Waals surface area contributed by atoms with Crippen LogP contribution in [0.5, 0.6) is 5.75 Å². The summed E-state index contributed by atoms with van der Waals surface area (Å²) in [5, 5.41) is 4.16. The van der Waals surface area contributed by atoms with Gasteiger partial charge in [-0.05, 0) is 19.1 Å². The molecule has 2 heterocycles. The van der Waals surface area contributed by atoms with Gasteiger partial charge in [0.05, 0.1) is 10.0 Å². The third kappa shape index (κ3) is 3.92. The Balaban J connectivity index is 1.75. The van der Waals surface area contributed by atoms with Crippen LogP contribution in [-0.4, -0.2) is 46.1 Å². The van der Waals surface area contributed by atoms with Crippen molar-refractivity contribution in [3.05, 3.63) is 46.5 Å². The van der Waals surface area contributed by atoms with Gasteiger partial charge in [-0.3, -0.25) is 4.79 Å². The maximum absolute atomic E-state index is 12.9. The number of aryl methyl sites for hydroxylation is 1. The maximum Gasteiger partial charge on any atom is 0.264 e. The zero-order valence-electron chi connectivity index (χ0n) is 14.1. The molecule has 1 aromatic heterocycles. The lowest BCUT2D eigenvalue weighted by atomic mass is 10.1. The smallest absolute Gasteiger partial charge is 0.264 e. The fourth-order valence-corrected chi connectivity index (χ4v) is 3.22. The number of hydrogen-bond acceptors (Lipinski definition) is 4. The van der Waals surface area contributed by atoms with E-state index in [2.05, 4.69) is 10.3 Å². The summed E-state index contributed by atoms with van der Waals surface area (Å²) < 4.78 is 7.71. The summed E-state index contributed by atoms with van der Waals surface area (Å²) >= 11 is 11.9. The molecule has 2 atom stereocenters. The molecule has 0 spiro atoms. The number of aromatic nitrogens is 2. The van der Waals surface area contributed by atoms with Crippen LogP contribution >= 0.6 is 23.2 Å². The summed E-state index contributed by atoms with van der Waals surface area (Å²) in [6.07, 6.45) is 2.97. The van der Waals surface area contributed by atoms with E-state index < -0.39 is 6.10 Å². The summed E-state index contributed by atoms with van der Waals surface area (Å²) in [6, 6.07) is 4.84. The largest absolute Gasteiger partial charge is 0.481 e. The summed E-state index contributed by atoms with van der Waals surface area (Å²) in [4.78, 5) is 19.2. The molecular weight excluding hydrogens is 363 g/mol. The van der Waals surface area contributed by atoms with Crippen molar-refractivity contribution in [2.24, 2.45) is 7.05 Å². The minimum absolute atomic E-state index is 0.0828. The second-order valence-electron chi connectivity index (χ2n) is 5.98. The number of carbonyl (C=O) groups excluding carboxylic acids is 1. The molecule has 2 unspecified atom stereocenters. The Morgan fingerprint density at radius 3 is 2.88 bits per heavy atom. The van der Waals surface area contributed by atoms with Crippen molar-refractivity contribution in [1.82, 2.24) is 19.8 Å². The standard InChI is InChI=1S/C17H20Cl2N4O2/c1-11(25-12-3-4-13(18)14(19)9-12)17(24)23-8-5-20-10-15(23)16-21-6-7-22(16)2/h3-4,6-7,9,11,15,20H,5,8,10H2,1-2H3. The zero-order valence-corrected chi connectivity index (χ0v) is 15.6. The van der Waals surface area contributed by atoms with Crippen molar-refractivity contribution in [1.29, 1.82) is 0 Å². The van der Waals surface area contributed by atoms with Crippen molar-refractivity contribution in [2.45, 2.75) is 19.1 Å². The molecular formula is C17H20Cl2N4O2. The van der Waals surface area contributed by atoms with Crippen LogP contribution < -0.4 is 10.1 Å². The first-order valence-corrected chi connectivity index (χ1v) is 8.83. The highest BCUT2D eigenvalue weighted by Gasteiger charge is 2.33. The number of halogens is 2. The Hall–Kier alpha value is -1.76. The lowest BCUT2D eigenvalue weighted by molar-refractivity contribution is -0.141. The topological polar surface area (TPSA) is 59.4 Å². The molecule has 1 aromatic carbocycles. The number of hydrogen-bond donors (Lipinski definition) is 1. The zero-order chi connectivity index (χ0) is 18.0. The lowest BCUT2D eigenvalue weighted by Crippen LogP contribution is -2.52. The second kappa shape index (κ2) is 7.64. The van der Waals surface area contributed by atoms with Gasteiger partial charge in [-0.15, -0.1) is 0 Å². The van der Waals surface area contributed by atoms with E-state index in [1.807, 2.05) is 22.7 Å². The normalized spacial score (nSPS) is 18.9. The number of benzene rings is 1. The van der Waals surface area contributed by atoms with E-state index in [0.29, 0.717) is 28.9 Å². The van der Waals surface area contributed by atoms with Crippen LogP contribution in [0.4, 0.5) is 0 Å².